The fourth-order valence-electron chi connectivity index (χ4n) is 2.24. The zero-order valence-electron chi connectivity index (χ0n) is 15.4. The van der Waals surface area contributed by atoms with Crippen molar-refractivity contribution in [3.05, 3.63) is 66.2 Å². The van der Waals surface area contributed by atoms with Gasteiger partial charge >= 0.3 is 6.03 Å². The Kier molecular flexibility index (Phi) is 8.20. The average Bonchev–Trinajstić information content (AvgIpc) is 2.68. The van der Waals surface area contributed by atoms with Crippen LogP contribution in [0.15, 0.2) is 66.1 Å². The van der Waals surface area contributed by atoms with E-state index in [0.717, 1.165) is 0 Å². The van der Waals surface area contributed by atoms with Gasteiger partial charge in [-0.3, -0.25) is 4.79 Å². The van der Waals surface area contributed by atoms with Gasteiger partial charge in [-0.2, -0.15) is 0 Å². The number of urea groups is 1. The van der Waals surface area contributed by atoms with Crippen LogP contribution < -0.4 is 20.7 Å². The molecule has 0 atom stereocenters. The predicted octanol–water partition coefficient (Wildman–Crippen LogP) is 2.95. The van der Waals surface area contributed by atoms with Gasteiger partial charge in [0.15, 0.2) is 0 Å². The summed E-state index contributed by atoms with van der Waals surface area (Å²) in [5.41, 5.74) is 1.07. The van der Waals surface area contributed by atoms with Crippen LogP contribution in [-0.4, -0.2) is 33.4 Å². The third-order valence-corrected chi connectivity index (χ3v) is 5.56. The maximum atomic E-state index is 12.2. The van der Waals surface area contributed by atoms with E-state index in [0.29, 0.717) is 17.9 Å². The molecule has 2 aromatic rings. The molecule has 0 saturated heterocycles. The van der Waals surface area contributed by atoms with Gasteiger partial charge in [0.25, 0.3) is 0 Å². The number of hydrogen-bond acceptors (Lipinski definition) is 4. The van der Waals surface area contributed by atoms with Crippen LogP contribution >= 0.6 is 11.6 Å². The largest absolute Gasteiger partial charge is 0.334 e. The van der Waals surface area contributed by atoms with E-state index in [9.17, 15) is 18.0 Å². The van der Waals surface area contributed by atoms with E-state index in [1.807, 2.05) is 0 Å². The fourth-order valence-corrected chi connectivity index (χ4v) is 3.79. The molecule has 0 radical (unpaired) electrons. The number of benzene rings is 2. The minimum Gasteiger partial charge on any atom is -0.334 e. The number of sulfonamides is 1. The Morgan fingerprint density at radius 2 is 1.62 bits per heavy atom. The smallest absolute Gasteiger partial charge is 0.319 e. The summed E-state index contributed by atoms with van der Waals surface area (Å²) in [4.78, 5) is 23.5. The van der Waals surface area contributed by atoms with Crippen molar-refractivity contribution in [2.45, 2.75) is 11.3 Å². The van der Waals surface area contributed by atoms with Gasteiger partial charge in [-0.1, -0.05) is 29.8 Å². The molecule has 0 spiro atoms. The molecule has 154 valence electrons. The lowest BCUT2D eigenvalue weighted by atomic mass is 10.2. The maximum Gasteiger partial charge on any atom is 0.319 e. The number of carbonyl (C=O) groups is 2. The summed E-state index contributed by atoms with van der Waals surface area (Å²) in [5.74, 6) is -0.365. The highest BCUT2D eigenvalue weighted by Crippen LogP contribution is 2.20. The lowest BCUT2D eigenvalue weighted by Gasteiger charge is -2.10. The Labute approximate surface area is 174 Å². The van der Waals surface area contributed by atoms with Gasteiger partial charge in [0.05, 0.1) is 5.02 Å². The van der Waals surface area contributed by atoms with Crippen LogP contribution in [0.2, 0.25) is 5.02 Å². The number of amides is 3. The Hall–Kier alpha value is -2.88. The van der Waals surface area contributed by atoms with Gasteiger partial charge in [-0.15, -0.1) is 6.58 Å². The topological polar surface area (TPSA) is 116 Å². The SMILES string of the molecule is C=CCNC(=O)Nc1ccc(NC(=O)CCNS(=O)(=O)c2ccccc2Cl)cc1. The molecule has 29 heavy (non-hydrogen) atoms. The van der Waals surface area contributed by atoms with Crippen LogP contribution in [0.1, 0.15) is 6.42 Å². The first-order chi connectivity index (χ1) is 13.8. The minimum atomic E-state index is -3.80. The van der Waals surface area contributed by atoms with Crippen molar-refractivity contribution >= 4 is 44.9 Å². The van der Waals surface area contributed by atoms with Gasteiger partial charge < -0.3 is 16.0 Å². The summed E-state index contributed by atoms with van der Waals surface area (Å²) >= 11 is 5.89. The molecule has 8 nitrogen and oxygen atoms in total. The predicted molar refractivity (Wildman–Crippen MR) is 114 cm³/mol. The summed E-state index contributed by atoms with van der Waals surface area (Å²) in [6, 6.07) is 12.2. The van der Waals surface area contributed by atoms with E-state index in [1.54, 1.807) is 42.5 Å². The van der Waals surface area contributed by atoms with Gasteiger partial charge in [0.1, 0.15) is 4.90 Å². The van der Waals surface area contributed by atoms with Crippen LogP contribution in [0.5, 0.6) is 0 Å². The van der Waals surface area contributed by atoms with E-state index in [-0.39, 0.29) is 34.8 Å². The van der Waals surface area contributed by atoms with Crippen molar-refractivity contribution in [2.24, 2.45) is 0 Å². The van der Waals surface area contributed by atoms with Crippen LogP contribution in [0.3, 0.4) is 0 Å². The molecule has 0 aliphatic heterocycles. The molecule has 0 unspecified atom stereocenters. The lowest BCUT2D eigenvalue weighted by molar-refractivity contribution is -0.116. The van der Waals surface area contributed by atoms with E-state index < -0.39 is 10.0 Å². The number of nitrogens with one attached hydrogen (secondary N) is 4. The average molecular weight is 437 g/mol. The molecular weight excluding hydrogens is 416 g/mol. The fraction of sp³-hybridized carbons (Fsp3) is 0.158. The van der Waals surface area contributed by atoms with E-state index in [4.69, 9.17) is 11.6 Å². The monoisotopic (exact) mass is 436 g/mol. The zero-order chi connectivity index (χ0) is 21.3. The number of rotatable bonds is 9. The van der Waals surface area contributed by atoms with Gasteiger partial charge in [-0.05, 0) is 36.4 Å². The first-order valence-electron chi connectivity index (χ1n) is 8.61. The number of carbonyl (C=O) groups excluding carboxylic acids is 2. The van der Waals surface area contributed by atoms with E-state index in [1.165, 1.54) is 12.1 Å². The summed E-state index contributed by atoms with van der Waals surface area (Å²) in [6.07, 6.45) is 1.50. The van der Waals surface area contributed by atoms with Crippen molar-refractivity contribution in [3.63, 3.8) is 0 Å². The van der Waals surface area contributed by atoms with E-state index in [2.05, 4.69) is 27.3 Å². The molecule has 10 heteroatoms. The molecule has 0 aliphatic carbocycles. The third kappa shape index (κ3) is 7.22. The molecule has 0 saturated carbocycles. The molecule has 2 aromatic carbocycles. The highest BCUT2D eigenvalue weighted by Gasteiger charge is 2.17. The zero-order valence-corrected chi connectivity index (χ0v) is 17.0. The van der Waals surface area contributed by atoms with E-state index >= 15 is 0 Å². The molecule has 0 aromatic heterocycles. The van der Waals surface area contributed by atoms with Crippen LogP contribution in [-0.2, 0) is 14.8 Å². The summed E-state index contributed by atoms with van der Waals surface area (Å²) in [6.45, 7) is 3.77. The van der Waals surface area contributed by atoms with Crippen molar-refractivity contribution in [1.82, 2.24) is 10.0 Å². The Balaban J connectivity index is 1.81. The summed E-state index contributed by atoms with van der Waals surface area (Å²) < 4.78 is 26.8. The van der Waals surface area contributed by atoms with Crippen LogP contribution in [0, 0.1) is 0 Å². The molecule has 3 amide bonds. The number of halogens is 1. The van der Waals surface area contributed by atoms with Crippen LogP contribution in [0.25, 0.3) is 0 Å². The summed E-state index contributed by atoms with van der Waals surface area (Å²) in [7, 11) is -3.80. The quantitative estimate of drug-likeness (QED) is 0.452. The van der Waals surface area contributed by atoms with Crippen LogP contribution in [0.4, 0.5) is 16.2 Å². The number of hydrogen-bond donors (Lipinski definition) is 4. The Morgan fingerprint density at radius 3 is 2.24 bits per heavy atom. The highest BCUT2D eigenvalue weighted by molar-refractivity contribution is 7.89. The second-order valence-corrected chi connectivity index (χ2v) is 7.97. The summed E-state index contributed by atoms with van der Waals surface area (Å²) in [5, 5.41) is 7.97. The molecule has 0 fully saturated rings. The molecule has 2 rings (SSSR count). The highest BCUT2D eigenvalue weighted by atomic mass is 35.5. The molecular formula is C19H21ClN4O4S. The second-order valence-electron chi connectivity index (χ2n) is 5.83. The molecule has 0 heterocycles. The second kappa shape index (κ2) is 10.6. The van der Waals surface area contributed by atoms with Crippen molar-refractivity contribution in [1.29, 1.82) is 0 Å². The van der Waals surface area contributed by atoms with Gasteiger partial charge in [0, 0.05) is 30.9 Å². The molecule has 4 N–H and O–H groups in total. The van der Waals surface area contributed by atoms with Gasteiger partial charge in [-0.25, -0.2) is 17.9 Å². The van der Waals surface area contributed by atoms with Crippen molar-refractivity contribution in [3.8, 4) is 0 Å². The number of anilines is 2. The third-order valence-electron chi connectivity index (χ3n) is 3.60. The maximum absolute atomic E-state index is 12.2. The van der Waals surface area contributed by atoms with Crippen molar-refractivity contribution < 1.29 is 18.0 Å². The first-order valence-corrected chi connectivity index (χ1v) is 10.5. The molecule has 0 aliphatic rings. The Morgan fingerprint density at radius 1 is 1.00 bits per heavy atom. The molecule has 0 bridgehead atoms. The Bertz CT molecular complexity index is 978. The lowest BCUT2D eigenvalue weighted by Crippen LogP contribution is -2.28. The minimum absolute atomic E-state index is 0.0395. The normalized spacial score (nSPS) is 10.8. The van der Waals surface area contributed by atoms with Crippen molar-refractivity contribution in [2.75, 3.05) is 23.7 Å². The standard InChI is InChI=1S/C19H21ClN4O4S/c1-2-12-21-19(26)24-15-9-7-14(8-10-15)23-18(25)11-13-22-29(27,28)17-6-4-3-5-16(17)20/h2-10,22H,1,11-13H2,(H,23,25)(H2,21,24,26). The first kappa shape index (κ1) is 22.4. The van der Waals surface area contributed by atoms with Gasteiger partial charge in [0.2, 0.25) is 15.9 Å².